The van der Waals surface area contributed by atoms with Crippen LogP contribution in [0.3, 0.4) is 0 Å². The van der Waals surface area contributed by atoms with Crippen molar-refractivity contribution in [3.05, 3.63) is 0 Å². The van der Waals surface area contributed by atoms with Crippen LogP contribution in [0.1, 0.15) is 27.2 Å². The Balaban J connectivity index is 2.88. The predicted molar refractivity (Wildman–Crippen MR) is 64.3 cm³/mol. The van der Waals surface area contributed by atoms with Gasteiger partial charge in [0.15, 0.2) is 0 Å². The third kappa shape index (κ3) is 5.17. The van der Waals surface area contributed by atoms with E-state index < -0.39 is 48.6 Å². The van der Waals surface area contributed by atoms with Crippen molar-refractivity contribution in [1.29, 1.82) is 0 Å². The van der Waals surface area contributed by atoms with Gasteiger partial charge in [0.05, 0.1) is 12.1 Å². The van der Waals surface area contributed by atoms with E-state index in [9.17, 15) is 27.6 Å². The highest BCUT2D eigenvalue weighted by Crippen LogP contribution is 2.25. The van der Waals surface area contributed by atoms with E-state index in [-0.39, 0.29) is 6.42 Å². The minimum Gasteiger partial charge on any atom is -0.458 e. The van der Waals surface area contributed by atoms with E-state index in [1.165, 1.54) is 6.92 Å². The van der Waals surface area contributed by atoms with Crippen molar-refractivity contribution in [2.75, 3.05) is 0 Å². The normalized spacial score (nSPS) is 28.6. The zero-order chi connectivity index (χ0) is 17.1. The Labute approximate surface area is 124 Å². The third-order valence-electron chi connectivity index (χ3n) is 2.85. The largest absolute Gasteiger partial charge is 0.471 e. The molecule has 1 amide bonds. The van der Waals surface area contributed by atoms with E-state index in [1.54, 1.807) is 5.32 Å². The Morgan fingerprint density at radius 1 is 1.14 bits per heavy atom. The van der Waals surface area contributed by atoms with Crippen LogP contribution in [-0.2, 0) is 28.6 Å². The fourth-order valence-corrected chi connectivity index (χ4v) is 2.06. The molecule has 4 atom stereocenters. The Hall–Kier alpha value is -1.84. The molecule has 0 saturated carbocycles. The Morgan fingerprint density at radius 3 is 2.14 bits per heavy atom. The molecular weight excluding hydrogens is 311 g/mol. The van der Waals surface area contributed by atoms with Gasteiger partial charge < -0.3 is 19.5 Å². The zero-order valence-electron chi connectivity index (χ0n) is 12.1. The number of hydrogen-bond donors (Lipinski definition) is 1. The van der Waals surface area contributed by atoms with E-state index in [0.29, 0.717) is 0 Å². The first-order valence-electron chi connectivity index (χ1n) is 6.38. The van der Waals surface area contributed by atoms with Gasteiger partial charge in [0.25, 0.3) is 0 Å². The van der Waals surface area contributed by atoms with Gasteiger partial charge in [0.1, 0.15) is 6.10 Å². The number of amides is 1. The Bertz CT molecular complexity index is 453. The number of halogens is 3. The lowest BCUT2D eigenvalue weighted by atomic mass is 9.99. The molecule has 10 heteroatoms. The molecule has 0 radical (unpaired) electrons. The van der Waals surface area contributed by atoms with Gasteiger partial charge in [0.2, 0.25) is 6.29 Å². The molecular formula is C12H16F3NO6. The summed E-state index contributed by atoms with van der Waals surface area (Å²) in [6.45, 7) is 3.61. The van der Waals surface area contributed by atoms with Crippen molar-refractivity contribution in [2.45, 2.75) is 57.9 Å². The number of rotatable bonds is 3. The second kappa shape index (κ2) is 6.95. The summed E-state index contributed by atoms with van der Waals surface area (Å²) < 4.78 is 52.0. The van der Waals surface area contributed by atoms with Gasteiger partial charge in [-0.05, 0) is 6.92 Å². The van der Waals surface area contributed by atoms with E-state index in [1.807, 2.05) is 0 Å². The summed E-state index contributed by atoms with van der Waals surface area (Å²) in [5.41, 5.74) is 0. The zero-order valence-corrected chi connectivity index (χ0v) is 12.1. The molecule has 1 rings (SSSR count). The summed E-state index contributed by atoms with van der Waals surface area (Å²) in [6.07, 6.45) is -8.50. The molecule has 7 nitrogen and oxygen atoms in total. The maximum Gasteiger partial charge on any atom is 0.471 e. The fourth-order valence-electron chi connectivity index (χ4n) is 2.06. The molecule has 0 aliphatic carbocycles. The third-order valence-corrected chi connectivity index (χ3v) is 2.85. The molecule has 1 aliphatic heterocycles. The van der Waals surface area contributed by atoms with Crippen LogP contribution >= 0.6 is 0 Å². The van der Waals surface area contributed by atoms with Crippen LogP contribution in [-0.4, -0.2) is 48.6 Å². The lowest BCUT2D eigenvalue weighted by Crippen LogP contribution is -2.58. The van der Waals surface area contributed by atoms with Crippen LogP contribution in [0, 0.1) is 0 Å². The minimum absolute atomic E-state index is 0.274. The summed E-state index contributed by atoms with van der Waals surface area (Å²) in [6, 6.07) is -1.20. The lowest BCUT2D eigenvalue weighted by molar-refractivity contribution is -0.230. The van der Waals surface area contributed by atoms with Gasteiger partial charge in [-0.3, -0.25) is 14.4 Å². The van der Waals surface area contributed by atoms with Crippen molar-refractivity contribution in [1.82, 2.24) is 5.32 Å². The molecule has 1 saturated heterocycles. The van der Waals surface area contributed by atoms with Crippen molar-refractivity contribution in [3.8, 4) is 0 Å². The number of esters is 2. The molecule has 1 heterocycles. The number of carbonyl (C=O) groups excluding carboxylic acids is 3. The van der Waals surface area contributed by atoms with Crippen LogP contribution < -0.4 is 5.32 Å². The quantitative estimate of drug-likeness (QED) is 0.766. The van der Waals surface area contributed by atoms with Crippen LogP contribution in [0.4, 0.5) is 13.2 Å². The van der Waals surface area contributed by atoms with Crippen molar-refractivity contribution < 1.29 is 41.8 Å². The summed E-state index contributed by atoms with van der Waals surface area (Å²) in [5.74, 6) is -3.60. The number of carbonyl (C=O) groups is 3. The van der Waals surface area contributed by atoms with Crippen molar-refractivity contribution >= 4 is 17.8 Å². The molecule has 1 N–H and O–H groups in total. The average molecular weight is 327 g/mol. The highest BCUT2D eigenvalue weighted by Gasteiger charge is 2.45. The first-order chi connectivity index (χ1) is 10.0. The van der Waals surface area contributed by atoms with E-state index in [0.717, 1.165) is 13.8 Å². The molecule has 1 aliphatic rings. The summed E-state index contributed by atoms with van der Waals surface area (Å²) in [7, 11) is 0. The predicted octanol–water partition coefficient (Wildman–Crippen LogP) is 0.663. The smallest absolute Gasteiger partial charge is 0.458 e. The maximum atomic E-state index is 12.4. The van der Waals surface area contributed by atoms with Crippen LogP contribution in [0.2, 0.25) is 0 Å². The summed E-state index contributed by atoms with van der Waals surface area (Å²) in [5, 5.41) is 1.74. The molecule has 0 aromatic carbocycles. The van der Waals surface area contributed by atoms with E-state index in [2.05, 4.69) is 0 Å². The highest BCUT2D eigenvalue weighted by molar-refractivity contribution is 5.82. The molecule has 0 spiro atoms. The van der Waals surface area contributed by atoms with Crippen molar-refractivity contribution in [3.63, 3.8) is 0 Å². The highest BCUT2D eigenvalue weighted by atomic mass is 19.4. The van der Waals surface area contributed by atoms with Crippen LogP contribution in [0.15, 0.2) is 0 Å². The molecule has 0 unspecified atom stereocenters. The average Bonchev–Trinajstić information content (AvgIpc) is 2.31. The van der Waals surface area contributed by atoms with Gasteiger partial charge in [-0.1, -0.05) is 0 Å². The first-order valence-corrected chi connectivity index (χ1v) is 6.38. The molecule has 1 fully saturated rings. The molecule has 0 aromatic heterocycles. The van der Waals surface area contributed by atoms with Gasteiger partial charge >= 0.3 is 24.0 Å². The van der Waals surface area contributed by atoms with Gasteiger partial charge in [-0.15, -0.1) is 0 Å². The lowest BCUT2D eigenvalue weighted by Gasteiger charge is -2.39. The van der Waals surface area contributed by atoms with Crippen LogP contribution in [0.25, 0.3) is 0 Å². The van der Waals surface area contributed by atoms with Gasteiger partial charge in [-0.2, -0.15) is 13.2 Å². The van der Waals surface area contributed by atoms with Gasteiger partial charge in [-0.25, -0.2) is 0 Å². The summed E-state index contributed by atoms with van der Waals surface area (Å²) >= 11 is 0. The second-order valence-electron chi connectivity index (χ2n) is 4.77. The van der Waals surface area contributed by atoms with Gasteiger partial charge in [0, 0.05) is 20.3 Å². The molecule has 22 heavy (non-hydrogen) atoms. The number of ether oxygens (including phenoxy) is 3. The van der Waals surface area contributed by atoms with Crippen molar-refractivity contribution in [2.24, 2.45) is 0 Å². The standard InChI is InChI=1S/C12H16F3NO6/c1-5-10(22-7(3)18)8(16-11(19)12(13,14)15)4-9(20-5)21-6(2)17/h5,8-10H,4H2,1-3H3,(H,16,19)/t5-,8-,9-,10+/m0/s1. The first kappa shape index (κ1) is 18.2. The minimum atomic E-state index is -5.08. The molecule has 126 valence electrons. The maximum absolute atomic E-state index is 12.4. The Morgan fingerprint density at radius 2 is 1.68 bits per heavy atom. The monoisotopic (exact) mass is 327 g/mol. The number of nitrogens with one attached hydrogen (secondary N) is 1. The summed E-state index contributed by atoms with van der Waals surface area (Å²) in [4.78, 5) is 33.0. The second-order valence-corrected chi connectivity index (χ2v) is 4.77. The van der Waals surface area contributed by atoms with Crippen LogP contribution in [0.5, 0.6) is 0 Å². The SMILES string of the molecule is CC(=O)O[C@H]1C[C@H](NC(=O)C(F)(F)F)[C@H](OC(C)=O)[C@H](C)O1. The molecule has 0 bridgehead atoms. The fraction of sp³-hybridized carbons (Fsp3) is 0.750. The van der Waals surface area contributed by atoms with E-state index in [4.69, 9.17) is 14.2 Å². The number of hydrogen-bond acceptors (Lipinski definition) is 6. The van der Waals surface area contributed by atoms with E-state index >= 15 is 0 Å². The molecule has 0 aromatic rings. The number of alkyl halides is 3. The Kier molecular flexibility index (Phi) is 5.75. The topological polar surface area (TPSA) is 90.9 Å².